The van der Waals surface area contributed by atoms with Crippen LogP contribution < -0.4 is 10.6 Å². The molecule has 7 nitrogen and oxygen atoms in total. The summed E-state index contributed by atoms with van der Waals surface area (Å²) in [5, 5.41) is 15.2. The van der Waals surface area contributed by atoms with Gasteiger partial charge in [-0.15, -0.1) is 10.2 Å². The van der Waals surface area contributed by atoms with Crippen LogP contribution in [0.1, 0.15) is 27.2 Å². The Morgan fingerprint density at radius 1 is 1.33 bits per heavy atom. The van der Waals surface area contributed by atoms with Crippen molar-refractivity contribution < 1.29 is 9.53 Å². The van der Waals surface area contributed by atoms with Crippen LogP contribution in [0.3, 0.4) is 0 Å². The monoisotopic (exact) mass is 373 g/mol. The number of morpholine rings is 1. The van der Waals surface area contributed by atoms with Crippen LogP contribution in [-0.2, 0) is 9.53 Å². The maximum Gasteiger partial charge on any atom is 0.233 e. The van der Waals surface area contributed by atoms with Gasteiger partial charge in [-0.2, -0.15) is 0 Å². The molecule has 0 aromatic carbocycles. The third-order valence-corrected chi connectivity index (χ3v) is 5.58. The molecule has 24 heavy (non-hydrogen) atoms. The molecule has 1 amide bonds. The van der Waals surface area contributed by atoms with Gasteiger partial charge in [-0.25, -0.2) is 0 Å². The van der Waals surface area contributed by atoms with Crippen molar-refractivity contribution in [2.75, 3.05) is 44.7 Å². The van der Waals surface area contributed by atoms with Gasteiger partial charge in [0.2, 0.25) is 11.0 Å². The van der Waals surface area contributed by atoms with Crippen LogP contribution in [0.25, 0.3) is 0 Å². The number of thioether (sulfide) groups is 1. The molecule has 0 aliphatic carbocycles. The summed E-state index contributed by atoms with van der Waals surface area (Å²) in [4.78, 5) is 14.3. The van der Waals surface area contributed by atoms with Crippen molar-refractivity contribution in [3.8, 4) is 0 Å². The maximum absolute atomic E-state index is 11.9. The van der Waals surface area contributed by atoms with Gasteiger partial charge in [0.15, 0.2) is 4.34 Å². The van der Waals surface area contributed by atoms with Crippen LogP contribution in [0.5, 0.6) is 0 Å². The summed E-state index contributed by atoms with van der Waals surface area (Å²) >= 11 is 2.95. The summed E-state index contributed by atoms with van der Waals surface area (Å²) < 4.78 is 6.16. The highest BCUT2D eigenvalue weighted by Gasteiger charge is 2.17. The van der Waals surface area contributed by atoms with Gasteiger partial charge in [-0.3, -0.25) is 9.69 Å². The van der Waals surface area contributed by atoms with E-state index in [0.717, 1.165) is 55.3 Å². The minimum absolute atomic E-state index is 0.0326. The Bertz CT molecular complexity index is 506. The molecule has 1 aliphatic rings. The van der Waals surface area contributed by atoms with Crippen molar-refractivity contribution in [3.05, 3.63) is 0 Å². The van der Waals surface area contributed by atoms with Gasteiger partial charge in [0, 0.05) is 25.7 Å². The Balaban J connectivity index is 1.66. The molecule has 0 saturated carbocycles. The van der Waals surface area contributed by atoms with E-state index in [4.69, 9.17) is 4.74 Å². The first-order valence-corrected chi connectivity index (χ1v) is 10.1. The number of ether oxygens (including phenoxy) is 1. The van der Waals surface area contributed by atoms with Gasteiger partial charge in [0.1, 0.15) is 0 Å². The van der Waals surface area contributed by atoms with Crippen molar-refractivity contribution in [1.82, 2.24) is 20.4 Å². The molecule has 2 rings (SSSR count). The van der Waals surface area contributed by atoms with E-state index in [-0.39, 0.29) is 17.2 Å². The maximum atomic E-state index is 11.9. The van der Waals surface area contributed by atoms with Crippen molar-refractivity contribution in [2.24, 2.45) is 0 Å². The van der Waals surface area contributed by atoms with Crippen LogP contribution in [-0.4, -0.2) is 71.7 Å². The fraction of sp³-hybridized carbons (Fsp3) is 0.800. The average Bonchev–Trinajstić information content (AvgIpc) is 2.99. The van der Waals surface area contributed by atoms with Crippen molar-refractivity contribution in [1.29, 1.82) is 0 Å². The average molecular weight is 374 g/mol. The van der Waals surface area contributed by atoms with Gasteiger partial charge in [-0.05, 0) is 33.7 Å². The standard InChI is InChI=1S/C15H27N5O2S2/c1-11(2)17-13(21)12(3)23-15-19-18-14(24-15)16-5-4-6-20-7-9-22-10-8-20/h11-12H,4-10H2,1-3H3,(H,16,18)(H,17,21)/t12-/m1/s1. The summed E-state index contributed by atoms with van der Waals surface area (Å²) in [5.74, 6) is 0.0326. The van der Waals surface area contributed by atoms with E-state index in [1.165, 1.54) is 23.1 Å². The molecule has 136 valence electrons. The third kappa shape index (κ3) is 6.92. The number of rotatable bonds is 9. The minimum Gasteiger partial charge on any atom is -0.379 e. The molecule has 1 aromatic heterocycles. The first-order valence-electron chi connectivity index (χ1n) is 8.39. The van der Waals surface area contributed by atoms with Crippen molar-refractivity contribution in [3.63, 3.8) is 0 Å². The van der Waals surface area contributed by atoms with Gasteiger partial charge in [0.25, 0.3) is 0 Å². The summed E-state index contributed by atoms with van der Waals surface area (Å²) in [6.45, 7) is 11.5. The zero-order valence-corrected chi connectivity index (χ0v) is 16.2. The molecule has 1 aliphatic heterocycles. The topological polar surface area (TPSA) is 79.4 Å². The van der Waals surface area contributed by atoms with E-state index < -0.39 is 0 Å². The van der Waals surface area contributed by atoms with Crippen LogP contribution in [0.15, 0.2) is 4.34 Å². The largest absolute Gasteiger partial charge is 0.379 e. The van der Waals surface area contributed by atoms with Crippen LogP contribution in [0.2, 0.25) is 0 Å². The zero-order valence-electron chi connectivity index (χ0n) is 14.6. The highest BCUT2D eigenvalue weighted by Crippen LogP contribution is 2.28. The van der Waals surface area contributed by atoms with E-state index in [1.807, 2.05) is 20.8 Å². The molecule has 2 heterocycles. The molecule has 0 radical (unpaired) electrons. The number of hydrogen-bond donors (Lipinski definition) is 2. The molecular formula is C15H27N5O2S2. The highest BCUT2D eigenvalue weighted by molar-refractivity contribution is 8.02. The van der Waals surface area contributed by atoms with Crippen molar-refractivity contribution in [2.45, 2.75) is 42.8 Å². The lowest BCUT2D eigenvalue weighted by Crippen LogP contribution is -2.37. The number of carbonyl (C=O) groups is 1. The Labute approximate surface area is 151 Å². The third-order valence-electron chi connectivity index (χ3n) is 3.52. The smallest absolute Gasteiger partial charge is 0.233 e. The van der Waals surface area contributed by atoms with Gasteiger partial charge in [0.05, 0.1) is 18.5 Å². The lowest BCUT2D eigenvalue weighted by Gasteiger charge is -2.26. The summed E-state index contributed by atoms with van der Waals surface area (Å²) in [7, 11) is 0. The second-order valence-electron chi connectivity index (χ2n) is 6.03. The first kappa shape index (κ1) is 19.4. The molecule has 1 atom stereocenters. The van der Waals surface area contributed by atoms with Crippen LogP contribution in [0.4, 0.5) is 5.13 Å². The molecule has 0 bridgehead atoms. The SMILES string of the molecule is CC(C)NC(=O)[C@@H](C)Sc1nnc(NCCCN2CCOCC2)s1. The van der Waals surface area contributed by atoms with E-state index >= 15 is 0 Å². The quantitative estimate of drug-likeness (QED) is 0.503. The molecule has 9 heteroatoms. The number of anilines is 1. The molecule has 0 unspecified atom stereocenters. The Morgan fingerprint density at radius 2 is 2.08 bits per heavy atom. The highest BCUT2D eigenvalue weighted by atomic mass is 32.2. The zero-order chi connectivity index (χ0) is 17.4. The molecule has 1 saturated heterocycles. The number of amides is 1. The lowest BCUT2D eigenvalue weighted by atomic mass is 10.3. The van der Waals surface area contributed by atoms with E-state index in [0.29, 0.717) is 0 Å². The molecule has 1 fully saturated rings. The Kier molecular flexibility index (Phi) is 8.23. The summed E-state index contributed by atoms with van der Waals surface area (Å²) in [6, 6.07) is 0.152. The fourth-order valence-corrected chi connectivity index (χ4v) is 4.19. The lowest BCUT2D eigenvalue weighted by molar-refractivity contribution is -0.120. The number of carbonyl (C=O) groups excluding carboxylic acids is 1. The predicted octanol–water partition coefficient (Wildman–Crippen LogP) is 1.68. The number of nitrogens with zero attached hydrogens (tertiary/aromatic N) is 3. The number of hydrogen-bond acceptors (Lipinski definition) is 8. The number of aromatic nitrogens is 2. The van der Waals surface area contributed by atoms with Crippen LogP contribution >= 0.6 is 23.1 Å². The molecule has 1 aromatic rings. The number of nitrogens with one attached hydrogen (secondary N) is 2. The van der Waals surface area contributed by atoms with E-state index in [9.17, 15) is 4.79 Å². The fourth-order valence-electron chi connectivity index (χ4n) is 2.26. The van der Waals surface area contributed by atoms with E-state index in [2.05, 4.69) is 25.7 Å². The predicted molar refractivity (Wildman–Crippen MR) is 98.9 cm³/mol. The van der Waals surface area contributed by atoms with Crippen LogP contribution in [0, 0.1) is 0 Å². The molecule has 2 N–H and O–H groups in total. The second-order valence-corrected chi connectivity index (χ2v) is 8.60. The van der Waals surface area contributed by atoms with E-state index in [1.54, 1.807) is 0 Å². The van der Waals surface area contributed by atoms with Gasteiger partial charge < -0.3 is 15.4 Å². The summed E-state index contributed by atoms with van der Waals surface area (Å²) in [5.41, 5.74) is 0. The summed E-state index contributed by atoms with van der Waals surface area (Å²) in [6.07, 6.45) is 1.06. The Morgan fingerprint density at radius 3 is 2.79 bits per heavy atom. The molecular weight excluding hydrogens is 346 g/mol. The second kappa shape index (κ2) is 10.2. The first-order chi connectivity index (χ1) is 11.5. The van der Waals surface area contributed by atoms with Gasteiger partial charge >= 0.3 is 0 Å². The van der Waals surface area contributed by atoms with Crippen molar-refractivity contribution >= 4 is 34.1 Å². The van der Waals surface area contributed by atoms with Gasteiger partial charge in [-0.1, -0.05) is 23.1 Å². The normalized spacial score (nSPS) is 17.0. The minimum atomic E-state index is -0.172. The molecule has 0 spiro atoms. The Hall–Kier alpha value is -0.900.